The third-order valence-corrected chi connectivity index (χ3v) is 5.97. The molecule has 1 unspecified atom stereocenters. The molecule has 2 aromatic carbocycles. The fourth-order valence-corrected chi connectivity index (χ4v) is 4.06. The molecular formula is C25H26F2N4O2. The number of nitrogens with zero attached hydrogens (tertiary/aromatic N) is 3. The molecule has 0 radical (unpaired) electrons. The fourth-order valence-electron chi connectivity index (χ4n) is 4.06. The van der Waals surface area contributed by atoms with Gasteiger partial charge in [-0.1, -0.05) is 17.7 Å². The molecule has 172 valence electrons. The maximum absolute atomic E-state index is 14.1. The molecule has 1 aliphatic heterocycles. The zero-order valence-electron chi connectivity index (χ0n) is 18.6. The van der Waals surface area contributed by atoms with Crippen molar-refractivity contribution in [2.24, 2.45) is 5.92 Å². The first-order chi connectivity index (χ1) is 15.8. The number of hydrogen-bond acceptors (Lipinski definition) is 3. The van der Waals surface area contributed by atoms with E-state index in [1.807, 2.05) is 19.1 Å². The number of aryl methyl sites for hydroxylation is 2. The normalized spacial score (nSPS) is 16.0. The topological polar surface area (TPSA) is 67.2 Å². The number of benzene rings is 2. The lowest BCUT2D eigenvalue weighted by molar-refractivity contribution is -0.121. The molecule has 1 atom stereocenters. The van der Waals surface area contributed by atoms with E-state index in [0.29, 0.717) is 36.5 Å². The van der Waals surface area contributed by atoms with Gasteiger partial charge in [-0.25, -0.2) is 13.5 Å². The molecule has 0 aliphatic carbocycles. The number of hydrogen-bond donors (Lipinski definition) is 1. The van der Waals surface area contributed by atoms with Crippen molar-refractivity contribution in [3.05, 3.63) is 82.5 Å². The number of nitrogens with one attached hydrogen (secondary N) is 1. The van der Waals surface area contributed by atoms with Gasteiger partial charge < -0.3 is 10.2 Å². The first-order valence-corrected chi connectivity index (χ1v) is 10.9. The van der Waals surface area contributed by atoms with E-state index in [4.69, 9.17) is 0 Å². The van der Waals surface area contributed by atoms with Crippen LogP contribution in [0.15, 0.2) is 48.7 Å². The molecule has 1 fully saturated rings. The quantitative estimate of drug-likeness (QED) is 0.627. The minimum Gasteiger partial charge on any atom is -0.338 e. The Kier molecular flexibility index (Phi) is 6.53. The molecule has 1 aliphatic rings. The summed E-state index contributed by atoms with van der Waals surface area (Å²) in [5.41, 5.74) is 2.53. The second-order valence-corrected chi connectivity index (χ2v) is 8.52. The van der Waals surface area contributed by atoms with E-state index in [1.165, 1.54) is 4.68 Å². The van der Waals surface area contributed by atoms with E-state index in [-0.39, 0.29) is 29.8 Å². The molecule has 33 heavy (non-hydrogen) atoms. The number of aromatic nitrogens is 2. The van der Waals surface area contributed by atoms with Crippen LogP contribution in [-0.4, -0.2) is 39.6 Å². The standard InChI is InChI=1S/C25H26F2N4O2/c1-16-5-7-18(8-6-16)25(33)30-11-3-4-19(14-30)24(32)29-23-17(2)13-28-31(23)15-20-12-21(26)9-10-22(20)27/h5-10,12-13,19H,3-4,11,14-15H2,1-2H3,(H,29,32). The molecule has 2 amide bonds. The maximum Gasteiger partial charge on any atom is 0.253 e. The van der Waals surface area contributed by atoms with Crippen molar-refractivity contribution in [3.63, 3.8) is 0 Å². The summed E-state index contributed by atoms with van der Waals surface area (Å²) in [6.45, 7) is 4.66. The number of anilines is 1. The number of amides is 2. The lowest BCUT2D eigenvalue weighted by Gasteiger charge is -2.32. The van der Waals surface area contributed by atoms with E-state index in [0.717, 1.165) is 30.2 Å². The predicted molar refractivity (Wildman–Crippen MR) is 121 cm³/mol. The zero-order valence-corrected chi connectivity index (χ0v) is 18.6. The number of carbonyl (C=O) groups excluding carboxylic acids is 2. The monoisotopic (exact) mass is 452 g/mol. The Balaban J connectivity index is 1.46. The van der Waals surface area contributed by atoms with Crippen LogP contribution in [0.2, 0.25) is 0 Å². The van der Waals surface area contributed by atoms with Gasteiger partial charge in [-0.15, -0.1) is 0 Å². The molecule has 4 rings (SSSR count). The smallest absolute Gasteiger partial charge is 0.253 e. The van der Waals surface area contributed by atoms with Crippen LogP contribution in [0.3, 0.4) is 0 Å². The van der Waals surface area contributed by atoms with Crippen LogP contribution in [0.1, 0.15) is 39.9 Å². The van der Waals surface area contributed by atoms with Crippen molar-refractivity contribution in [1.82, 2.24) is 14.7 Å². The molecule has 1 saturated heterocycles. The molecule has 0 saturated carbocycles. The van der Waals surface area contributed by atoms with Gasteiger partial charge >= 0.3 is 0 Å². The minimum absolute atomic E-state index is 0.0181. The first kappa shape index (κ1) is 22.6. The highest BCUT2D eigenvalue weighted by Gasteiger charge is 2.30. The van der Waals surface area contributed by atoms with Gasteiger partial charge in [0.25, 0.3) is 5.91 Å². The second-order valence-electron chi connectivity index (χ2n) is 8.52. The first-order valence-electron chi connectivity index (χ1n) is 10.9. The van der Waals surface area contributed by atoms with Crippen LogP contribution < -0.4 is 5.32 Å². The van der Waals surface area contributed by atoms with E-state index >= 15 is 0 Å². The van der Waals surface area contributed by atoms with Crippen molar-refractivity contribution in [1.29, 1.82) is 0 Å². The van der Waals surface area contributed by atoms with Crippen LogP contribution in [-0.2, 0) is 11.3 Å². The van der Waals surface area contributed by atoms with Gasteiger partial charge in [0.1, 0.15) is 17.5 Å². The van der Waals surface area contributed by atoms with Crippen molar-refractivity contribution in [2.75, 3.05) is 18.4 Å². The van der Waals surface area contributed by atoms with Crippen LogP contribution >= 0.6 is 0 Å². The van der Waals surface area contributed by atoms with Gasteiger partial charge in [0.2, 0.25) is 5.91 Å². The van der Waals surface area contributed by atoms with Crippen molar-refractivity contribution in [2.45, 2.75) is 33.2 Å². The SMILES string of the molecule is Cc1ccc(C(=O)N2CCCC(C(=O)Nc3c(C)cnn3Cc3cc(F)ccc3F)C2)cc1. The summed E-state index contributed by atoms with van der Waals surface area (Å²) < 4.78 is 29.1. The minimum atomic E-state index is -0.542. The van der Waals surface area contributed by atoms with Crippen molar-refractivity contribution < 1.29 is 18.4 Å². The molecule has 6 nitrogen and oxygen atoms in total. The number of likely N-dealkylation sites (tertiary alicyclic amines) is 1. The summed E-state index contributed by atoms with van der Waals surface area (Å²) >= 11 is 0. The van der Waals surface area contributed by atoms with Crippen LogP contribution in [0.4, 0.5) is 14.6 Å². The highest BCUT2D eigenvalue weighted by atomic mass is 19.1. The molecule has 8 heteroatoms. The maximum atomic E-state index is 14.1. The van der Waals surface area contributed by atoms with Gasteiger partial charge in [-0.2, -0.15) is 5.10 Å². The molecule has 0 spiro atoms. The van der Waals surface area contributed by atoms with Gasteiger partial charge in [0.05, 0.1) is 18.7 Å². The van der Waals surface area contributed by atoms with E-state index in [1.54, 1.807) is 30.2 Å². The Bertz CT molecular complexity index is 1170. The number of carbonyl (C=O) groups is 2. The summed E-state index contributed by atoms with van der Waals surface area (Å²) in [5.74, 6) is -1.33. The lowest BCUT2D eigenvalue weighted by atomic mass is 9.96. The lowest BCUT2D eigenvalue weighted by Crippen LogP contribution is -2.44. The van der Waals surface area contributed by atoms with Gasteiger partial charge in [-0.05, 0) is 57.0 Å². The largest absolute Gasteiger partial charge is 0.338 e. The zero-order chi connectivity index (χ0) is 23.5. The van der Waals surface area contributed by atoms with Crippen molar-refractivity contribution in [3.8, 4) is 0 Å². The van der Waals surface area contributed by atoms with Crippen molar-refractivity contribution >= 4 is 17.6 Å². The highest BCUT2D eigenvalue weighted by molar-refractivity contribution is 5.96. The third kappa shape index (κ3) is 5.10. The molecule has 1 aromatic heterocycles. The highest BCUT2D eigenvalue weighted by Crippen LogP contribution is 2.23. The number of rotatable bonds is 5. The number of piperidine rings is 1. The van der Waals surface area contributed by atoms with E-state index < -0.39 is 11.6 Å². The number of halogens is 2. The molecular weight excluding hydrogens is 426 g/mol. The second kappa shape index (κ2) is 9.52. The van der Waals surface area contributed by atoms with Crippen LogP contribution in [0.25, 0.3) is 0 Å². The summed E-state index contributed by atoms with van der Waals surface area (Å²) in [7, 11) is 0. The molecule has 3 aromatic rings. The fraction of sp³-hybridized carbons (Fsp3) is 0.320. The Labute approximate surface area is 191 Å². The van der Waals surface area contributed by atoms with E-state index in [2.05, 4.69) is 10.4 Å². The van der Waals surface area contributed by atoms with Crippen LogP contribution in [0.5, 0.6) is 0 Å². The Hall–Kier alpha value is -3.55. The van der Waals surface area contributed by atoms with Crippen LogP contribution in [0, 0.1) is 31.4 Å². The molecule has 2 heterocycles. The average Bonchev–Trinajstić information content (AvgIpc) is 3.15. The predicted octanol–water partition coefficient (Wildman–Crippen LogP) is 4.32. The summed E-state index contributed by atoms with van der Waals surface area (Å²) in [6.07, 6.45) is 2.96. The summed E-state index contributed by atoms with van der Waals surface area (Å²) in [4.78, 5) is 27.7. The molecule has 0 bridgehead atoms. The van der Waals surface area contributed by atoms with Gasteiger partial charge in [0.15, 0.2) is 0 Å². The summed E-state index contributed by atoms with van der Waals surface area (Å²) in [6, 6.07) is 10.6. The Morgan fingerprint density at radius 3 is 2.64 bits per heavy atom. The van der Waals surface area contributed by atoms with Gasteiger partial charge in [0, 0.05) is 29.8 Å². The van der Waals surface area contributed by atoms with E-state index in [9.17, 15) is 18.4 Å². The third-order valence-electron chi connectivity index (χ3n) is 5.97. The Morgan fingerprint density at radius 2 is 1.88 bits per heavy atom. The molecule has 1 N–H and O–H groups in total. The average molecular weight is 453 g/mol. The summed E-state index contributed by atoms with van der Waals surface area (Å²) in [5, 5.41) is 7.12. The van der Waals surface area contributed by atoms with Gasteiger partial charge in [-0.3, -0.25) is 9.59 Å². The Morgan fingerprint density at radius 1 is 1.12 bits per heavy atom.